The number of carbonyl (C=O) groups excluding carboxylic acids is 2. The van der Waals surface area contributed by atoms with Crippen molar-refractivity contribution >= 4 is 11.8 Å². The first kappa shape index (κ1) is 16.0. The molecule has 0 aliphatic heterocycles. The quantitative estimate of drug-likeness (QED) is 0.770. The first-order valence-electron chi connectivity index (χ1n) is 7.15. The zero-order chi connectivity index (χ0) is 14.6. The maximum Gasteiger partial charge on any atom is 0.237 e. The van der Waals surface area contributed by atoms with Crippen molar-refractivity contribution in [2.75, 3.05) is 13.1 Å². The van der Waals surface area contributed by atoms with Gasteiger partial charge in [-0.05, 0) is 24.7 Å². The van der Waals surface area contributed by atoms with Gasteiger partial charge in [-0.1, -0.05) is 27.2 Å². The molecular weight excluding hydrogens is 242 g/mol. The Bertz CT molecular complexity index is 331. The Kier molecular flexibility index (Phi) is 5.79. The summed E-state index contributed by atoms with van der Waals surface area (Å²) < 4.78 is 0. The number of nitrogens with zero attached hydrogens (tertiary/aromatic N) is 1. The lowest BCUT2D eigenvalue weighted by molar-refractivity contribution is -0.141. The van der Waals surface area contributed by atoms with Crippen LogP contribution in [0.25, 0.3) is 0 Å². The van der Waals surface area contributed by atoms with Gasteiger partial charge in [-0.3, -0.25) is 9.59 Å². The summed E-state index contributed by atoms with van der Waals surface area (Å²) in [6.07, 6.45) is 2.92. The van der Waals surface area contributed by atoms with E-state index in [0.717, 1.165) is 19.3 Å². The SMILES string of the molecule is CC(C)CN(CC(N)=O)C(=O)C1CCCC(C)C1N. The fourth-order valence-electron chi connectivity index (χ4n) is 2.83. The summed E-state index contributed by atoms with van der Waals surface area (Å²) >= 11 is 0. The topological polar surface area (TPSA) is 89.4 Å². The summed E-state index contributed by atoms with van der Waals surface area (Å²) in [7, 11) is 0. The highest BCUT2D eigenvalue weighted by Crippen LogP contribution is 2.29. The van der Waals surface area contributed by atoms with Crippen molar-refractivity contribution in [1.29, 1.82) is 0 Å². The third kappa shape index (κ3) is 4.49. The van der Waals surface area contributed by atoms with Crippen molar-refractivity contribution in [3.8, 4) is 0 Å². The summed E-state index contributed by atoms with van der Waals surface area (Å²) in [6.45, 7) is 6.67. The Labute approximate surface area is 115 Å². The van der Waals surface area contributed by atoms with Gasteiger partial charge in [0.2, 0.25) is 11.8 Å². The van der Waals surface area contributed by atoms with Crippen LogP contribution in [0.4, 0.5) is 0 Å². The molecule has 19 heavy (non-hydrogen) atoms. The van der Waals surface area contributed by atoms with Crippen LogP contribution in [-0.2, 0) is 9.59 Å². The van der Waals surface area contributed by atoms with Crippen LogP contribution in [0.1, 0.15) is 40.0 Å². The second kappa shape index (κ2) is 6.89. The van der Waals surface area contributed by atoms with Gasteiger partial charge in [-0.15, -0.1) is 0 Å². The van der Waals surface area contributed by atoms with Gasteiger partial charge in [0.1, 0.15) is 0 Å². The van der Waals surface area contributed by atoms with Crippen molar-refractivity contribution in [3.63, 3.8) is 0 Å². The molecule has 0 aromatic rings. The second-order valence-electron chi connectivity index (χ2n) is 6.17. The predicted molar refractivity (Wildman–Crippen MR) is 75.1 cm³/mol. The van der Waals surface area contributed by atoms with E-state index in [1.165, 1.54) is 0 Å². The second-order valence-corrected chi connectivity index (χ2v) is 6.17. The lowest BCUT2D eigenvalue weighted by Gasteiger charge is -2.36. The van der Waals surface area contributed by atoms with Crippen molar-refractivity contribution in [3.05, 3.63) is 0 Å². The van der Waals surface area contributed by atoms with Crippen LogP contribution in [-0.4, -0.2) is 35.8 Å². The van der Waals surface area contributed by atoms with Gasteiger partial charge in [-0.25, -0.2) is 0 Å². The van der Waals surface area contributed by atoms with Gasteiger partial charge >= 0.3 is 0 Å². The molecule has 5 heteroatoms. The van der Waals surface area contributed by atoms with E-state index in [0.29, 0.717) is 18.4 Å². The smallest absolute Gasteiger partial charge is 0.237 e. The van der Waals surface area contributed by atoms with E-state index < -0.39 is 5.91 Å². The van der Waals surface area contributed by atoms with E-state index in [4.69, 9.17) is 11.5 Å². The molecule has 1 rings (SSSR count). The number of rotatable bonds is 5. The third-order valence-electron chi connectivity index (χ3n) is 3.86. The van der Waals surface area contributed by atoms with E-state index in [1.807, 2.05) is 13.8 Å². The van der Waals surface area contributed by atoms with Crippen molar-refractivity contribution in [2.45, 2.75) is 46.1 Å². The monoisotopic (exact) mass is 269 g/mol. The highest BCUT2D eigenvalue weighted by molar-refractivity contribution is 5.85. The average molecular weight is 269 g/mol. The first-order chi connectivity index (χ1) is 8.82. The maximum atomic E-state index is 12.6. The van der Waals surface area contributed by atoms with Gasteiger partial charge in [0.15, 0.2) is 0 Å². The maximum absolute atomic E-state index is 12.6. The van der Waals surface area contributed by atoms with E-state index in [1.54, 1.807) is 4.90 Å². The minimum atomic E-state index is -0.466. The molecule has 3 atom stereocenters. The van der Waals surface area contributed by atoms with Crippen LogP contribution in [0, 0.1) is 17.8 Å². The summed E-state index contributed by atoms with van der Waals surface area (Å²) in [4.78, 5) is 25.3. The number of carbonyl (C=O) groups is 2. The normalized spacial score (nSPS) is 27.3. The number of amides is 2. The van der Waals surface area contributed by atoms with Gasteiger partial charge in [0.25, 0.3) is 0 Å². The van der Waals surface area contributed by atoms with Crippen LogP contribution < -0.4 is 11.5 Å². The zero-order valence-electron chi connectivity index (χ0n) is 12.3. The number of hydrogen-bond acceptors (Lipinski definition) is 3. The summed E-state index contributed by atoms with van der Waals surface area (Å²) in [5.74, 6) is 0.0255. The van der Waals surface area contributed by atoms with Crippen molar-refractivity contribution in [2.24, 2.45) is 29.2 Å². The molecule has 1 fully saturated rings. The molecular formula is C14H27N3O2. The lowest BCUT2D eigenvalue weighted by atomic mass is 9.77. The van der Waals surface area contributed by atoms with Crippen LogP contribution in [0.3, 0.4) is 0 Å². The van der Waals surface area contributed by atoms with Crippen LogP contribution in [0.5, 0.6) is 0 Å². The van der Waals surface area contributed by atoms with Crippen LogP contribution in [0.15, 0.2) is 0 Å². The fourth-order valence-corrected chi connectivity index (χ4v) is 2.83. The van der Waals surface area contributed by atoms with Crippen molar-refractivity contribution in [1.82, 2.24) is 4.90 Å². The molecule has 0 heterocycles. The molecule has 2 amide bonds. The molecule has 110 valence electrons. The van der Waals surface area contributed by atoms with Gasteiger partial charge < -0.3 is 16.4 Å². The highest BCUT2D eigenvalue weighted by Gasteiger charge is 2.35. The number of hydrogen-bond donors (Lipinski definition) is 2. The number of nitrogens with two attached hydrogens (primary N) is 2. The molecule has 0 spiro atoms. The molecule has 0 aromatic carbocycles. The summed E-state index contributed by atoms with van der Waals surface area (Å²) in [6, 6.07) is -0.108. The van der Waals surface area contributed by atoms with Gasteiger partial charge in [-0.2, -0.15) is 0 Å². The zero-order valence-corrected chi connectivity index (χ0v) is 12.3. The molecule has 3 unspecified atom stereocenters. The van der Waals surface area contributed by atoms with Gasteiger partial charge in [0, 0.05) is 12.6 Å². The number of primary amides is 1. The van der Waals surface area contributed by atoms with E-state index in [2.05, 4.69) is 6.92 Å². The molecule has 0 radical (unpaired) electrons. The van der Waals surface area contributed by atoms with Gasteiger partial charge in [0.05, 0.1) is 12.5 Å². The Morgan fingerprint density at radius 2 is 1.95 bits per heavy atom. The Morgan fingerprint density at radius 3 is 2.47 bits per heavy atom. The highest BCUT2D eigenvalue weighted by atomic mass is 16.2. The third-order valence-corrected chi connectivity index (χ3v) is 3.86. The largest absolute Gasteiger partial charge is 0.368 e. The predicted octanol–water partition coefficient (Wildman–Crippen LogP) is 0.720. The fraction of sp³-hybridized carbons (Fsp3) is 0.857. The van der Waals surface area contributed by atoms with E-state index in [-0.39, 0.29) is 24.4 Å². The molecule has 4 N–H and O–H groups in total. The molecule has 1 saturated carbocycles. The summed E-state index contributed by atoms with van der Waals surface area (Å²) in [5, 5.41) is 0. The summed E-state index contributed by atoms with van der Waals surface area (Å²) in [5.41, 5.74) is 11.4. The lowest BCUT2D eigenvalue weighted by Crippen LogP contribution is -2.51. The Morgan fingerprint density at radius 1 is 1.32 bits per heavy atom. The minimum Gasteiger partial charge on any atom is -0.368 e. The molecule has 5 nitrogen and oxygen atoms in total. The molecule has 0 bridgehead atoms. The van der Waals surface area contributed by atoms with E-state index >= 15 is 0 Å². The van der Waals surface area contributed by atoms with E-state index in [9.17, 15) is 9.59 Å². The molecule has 1 aliphatic rings. The average Bonchev–Trinajstić information content (AvgIpc) is 2.30. The molecule has 0 aromatic heterocycles. The Hall–Kier alpha value is -1.10. The standard InChI is InChI=1S/C14H27N3O2/c1-9(2)7-17(8-12(15)18)14(19)11-6-4-5-10(3)13(11)16/h9-11,13H,4-8,16H2,1-3H3,(H2,15,18). The molecule has 1 aliphatic carbocycles. The van der Waals surface area contributed by atoms with Crippen LogP contribution in [0.2, 0.25) is 0 Å². The first-order valence-corrected chi connectivity index (χ1v) is 7.15. The van der Waals surface area contributed by atoms with Crippen molar-refractivity contribution < 1.29 is 9.59 Å². The Balaban J connectivity index is 2.76. The minimum absolute atomic E-state index is 0.00534. The van der Waals surface area contributed by atoms with Crippen LogP contribution >= 0.6 is 0 Å². The molecule has 0 saturated heterocycles.